The van der Waals surface area contributed by atoms with Gasteiger partial charge < -0.3 is 14.6 Å². The second kappa shape index (κ2) is 8.06. The van der Waals surface area contributed by atoms with Crippen LogP contribution in [0.1, 0.15) is 0 Å². The average Bonchev–Trinajstić information content (AvgIpc) is 2.49. The predicted octanol–water partition coefficient (Wildman–Crippen LogP) is 3.77. The van der Waals surface area contributed by atoms with E-state index < -0.39 is 6.09 Å². The Kier molecular flexibility index (Phi) is 5.78. The minimum absolute atomic E-state index is 0.375. The maximum Gasteiger partial charge on any atom is 0.414 e. The number of benzene rings is 2. The molecular formula is C15H15NO4S. The van der Waals surface area contributed by atoms with E-state index >= 15 is 0 Å². The normalized spacial score (nSPS) is 9.90. The SMILES string of the molecule is O=C(O)NSCCOc1ccccc1Oc1ccccc1. The zero-order valence-corrected chi connectivity index (χ0v) is 12.0. The molecule has 0 aliphatic carbocycles. The van der Waals surface area contributed by atoms with Crippen molar-refractivity contribution in [3.05, 3.63) is 54.6 Å². The summed E-state index contributed by atoms with van der Waals surface area (Å²) in [4.78, 5) is 10.3. The molecule has 0 atom stereocenters. The van der Waals surface area contributed by atoms with Gasteiger partial charge in [-0.2, -0.15) is 0 Å². The Morgan fingerprint density at radius 2 is 1.71 bits per heavy atom. The molecule has 0 saturated heterocycles. The number of carbonyl (C=O) groups is 1. The van der Waals surface area contributed by atoms with Crippen LogP contribution in [-0.4, -0.2) is 23.6 Å². The van der Waals surface area contributed by atoms with Crippen LogP contribution in [-0.2, 0) is 0 Å². The van der Waals surface area contributed by atoms with Crippen LogP contribution in [0.25, 0.3) is 0 Å². The van der Waals surface area contributed by atoms with E-state index in [2.05, 4.69) is 4.72 Å². The van der Waals surface area contributed by atoms with Crippen LogP contribution in [0.15, 0.2) is 54.6 Å². The second-order valence-electron chi connectivity index (χ2n) is 3.97. The lowest BCUT2D eigenvalue weighted by molar-refractivity contribution is 0.202. The van der Waals surface area contributed by atoms with Crippen LogP contribution in [0, 0.1) is 0 Å². The summed E-state index contributed by atoms with van der Waals surface area (Å²) in [5.41, 5.74) is 0. The van der Waals surface area contributed by atoms with Gasteiger partial charge in [0.2, 0.25) is 0 Å². The van der Waals surface area contributed by atoms with Crippen molar-refractivity contribution in [3.63, 3.8) is 0 Å². The smallest absolute Gasteiger partial charge is 0.414 e. The summed E-state index contributed by atoms with van der Waals surface area (Å²) in [6, 6.07) is 16.8. The van der Waals surface area contributed by atoms with E-state index in [1.807, 2.05) is 54.6 Å². The Morgan fingerprint density at radius 3 is 2.43 bits per heavy atom. The molecule has 0 saturated carbocycles. The van der Waals surface area contributed by atoms with Gasteiger partial charge in [-0.05, 0) is 36.2 Å². The zero-order valence-electron chi connectivity index (χ0n) is 11.2. The molecule has 0 aromatic heterocycles. The summed E-state index contributed by atoms with van der Waals surface area (Å²) in [5.74, 6) is 2.49. The summed E-state index contributed by atoms with van der Waals surface area (Å²) in [5, 5.41) is 8.45. The van der Waals surface area contributed by atoms with Crippen LogP contribution in [0.5, 0.6) is 17.2 Å². The highest BCUT2D eigenvalue weighted by molar-refractivity contribution is 7.97. The fraction of sp³-hybridized carbons (Fsp3) is 0.133. The third-order valence-electron chi connectivity index (χ3n) is 2.42. The van der Waals surface area contributed by atoms with Gasteiger partial charge in [0.1, 0.15) is 5.75 Å². The first-order valence-corrected chi connectivity index (χ1v) is 7.30. The van der Waals surface area contributed by atoms with Crippen molar-refractivity contribution >= 4 is 18.0 Å². The van der Waals surface area contributed by atoms with Crippen molar-refractivity contribution in [2.45, 2.75) is 0 Å². The monoisotopic (exact) mass is 305 g/mol. The third kappa shape index (κ3) is 5.27. The van der Waals surface area contributed by atoms with E-state index in [1.54, 1.807) is 0 Å². The number of ether oxygens (including phenoxy) is 2. The summed E-state index contributed by atoms with van der Waals surface area (Å²) in [6.07, 6.45) is -1.06. The van der Waals surface area contributed by atoms with E-state index in [-0.39, 0.29) is 0 Å². The summed E-state index contributed by atoms with van der Waals surface area (Å²) in [6.45, 7) is 0.375. The molecule has 0 aliphatic rings. The Hall–Kier alpha value is -2.34. The average molecular weight is 305 g/mol. The summed E-state index contributed by atoms with van der Waals surface area (Å²) < 4.78 is 13.6. The van der Waals surface area contributed by atoms with E-state index in [1.165, 1.54) is 0 Å². The molecule has 2 aromatic rings. The van der Waals surface area contributed by atoms with Gasteiger partial charge in [-0.1, -0.05) is 30.3 Å². The highest BCUT2D eigenvalue weighted by Crippen LogP contribution is 2.31. The Morgan fingerprint density at radius 1 is 1.05 bits per heavy atom. The molecule has 2 N–H and O–H groups in total. The topological polar surface area (TPSA) is 67.8 Å². The van der Waals surface area contributed by atoms with E-state index in [0.717, 1.165) is 17.7 Å². The van der Waals surface area contributed by atoms with Crippen LogP contribution < -0.4 is 14.2 Å². The van der Waals surface area contributed by atoms with Crippen LogP contribution in [0.2, 0.25) is 0 Å². The Bertz CT molecular complexity index is 577. The highest BCUT2D eigenvalue weighted by Gasteiger charge is 2.05. The molecule has 1 amide bonds. The lowest BCUT2D eigenvalue weighted by atomic mass is 10.3. The minimum Gasteiger partial charge on any atom is -0.489 e. The first-order chi connectivity index (χ1) is 10.3. The number of carboxylic acid groups (broad SMARTS) is 1. The Labute approximate surface area is 127 Å². The number of rotatable bonds is 7. The molecule has 21 heavy (non-hydrogen) atoms. The van der Waals surface area contributed by atoms with Crippen molar-refractivity contribution in [1.29, 1.82) is 0 Å². The molecule has 6 heteroatoms. The van der Waals surface area contributed by atoms with Crippen molar-refractivity contribution in [2.24, 2.45) is 0 Å². The van der Waals surface area contributed by atoms with Gasteiger partial charge in [0.05, 0.1) is 6.61 Å². The fourth-order valence-electron chi connectivity index (χ4n) is 1.58. The lowest BCUT2D eigenvalue weighted by Gasteiger charge is -2.12. The molecule has 0 radical (unpaired) electrons. The van der Waals surface area contributed by atoms with Crippen molar-refractivity contribution in [3.8, 4) is 17.2 Å². The van der Waals surface area contributed by atoms with Crippen molar-refractivity contribution in [1.82, 2.24) is 4.72 Å². The Balaban J connectivity index is 1.89. The standard InChI is InChI=1S/C15H15NO4S/c17-15(18)16-21-11-10-19-13-8-4-5-9-14(13)20-12-6-2-1-3-7-12/h1-9,16H,10-11H2,(H,17,18). The number of hydrogen-bond acceptors (Lipinski definition) is 4. The molecular weight excluding hydrogens is 290 g/mol. The van der Waals surface area contributed by atoms with Gasteiger partial charge in [0.25, 0.3) is 0 Å². The molecule has 0 bridgehead atoms. The van der Waals surface area contributed by atoms with Crippen molar-refractivity contribution in [2.75, 3.05) is 12.4 Å². The predicted molar refractivity (Wildman–Crippen MR) is 82.1 cm³/mol. The van der Waals surface area contributed by atoms with Gasteiger partial charge >= 0.3 is 6.09 Å². The van der Waals surface area contributed by atoms with E-state index in [9.17, 15) is 4.79 Å². The van der Waals surface area contributed by atoms with Crippen LogP contribution in [0.3, 0.4) is 0 Å². The molecule has 0 heterocycles. The first-order valence-electron chi connectivity index (χ1n) is 6.31. The van der Waals surface area contributed by atoms with Crippen molar-refractivity contribution < 1.29 is 19.4 Å². The van der Waals surface area contributed by atoms with Crippen LogP contribution in [0.4, 0.5) is 4.79 Å². The highest BCUT2D eigenvalue weighted by atomic mass is 32.2. The minimum atomic E-state index is -1.06. The molecule has 110 valence electrons. The lowest BCUT2D eigenvalue weighted by Crippen LogP contribution is -2.14. The number of amides is 1. The maximum absolute atomic E-state index is 10.3. The molecule has 2 aromatic carbocycles. The molecule has 2 rings (SSSR count). The first kappa shape index (κ1) is 15.1. The van der Waals surface area contributed by atoms with Gasteiger partial charge in [-0.25, -0.2) is 4.79 Å². The quantitative estimate of drug-likeness (QED) is 0.602. The number of para-hydroxylation sites is 3. The molecule has 0 aliphatic heterocycles. The maximum atomic E-state index is 10.3. The van der Waals surface area contributed by atoms with Crippen LogP contribution >= 0.6 is 11.9 Å². The number of hydrogen-bond donors (Lipinski definition) is 2. The zero-order chi connectivity index (χ0) is 14.9. The van der Waals surface area contributed by atoms with Gasteiger partial charge in [0.15, 0.2) is 11.5 Å². The molecule has 5 nitrogen and oxygen atoms in total. The van der Waals surface area contributed by atoms with Gasteiger partial charge in [-0.3, -0.25) is 4.72 Å². The third-order valence-corrected chi connectivity index (χ3v) is 3.11. The largest absolute Gasteiger partial charge is 0.489 e. The van der Waals surface area contributed by atoms with E-state index in [4.69, 9.17) is 14.6 Å². The second-order valence-corrected chi connectivity index (χ2v) is 4.87. The van der Waals surface area contributed by atoms with E-state index in [0.29, 0.717) is 23.9 Å². The molecule has 0 spiro atoms. The van der Waals surface area contributed by atoms with Gasteiger partial charge in [0, 0.05) is 5.75 Å². The fourth-order valence-corrected chi connectivity index (χ4v) is 1.97. The van der Waals surface area contributed by atoms with Gasteiger partial charge in [-0.15, -0.1) is 0 Å². The molecule has 0 unspecified atom stereocenters. The molecule has 0 fully saturated rings. The summed E-state index contributed by atoms with van der Waals surface area (Å²) in [7, 11) is 0. The summed E-state index contributed by atoms with van der Waals surface area (Å²) >= 11 is 1.08. The number of nitrogens with one attached hydrogen (secondary N) is 1.